The van der Waals surface area contributed by atoms with Gasteiger partial charge in [-0.15, -0.1) is 0 Å². The normalized spacial score (nSPS) is 10.7. The summed E-state index contributed by atoms with van der Waals surface area (Å²) in [5.74, 6) is 0.688. The number of ketones is 1. The number of carbonyl (C=O) groups excluding carboxylic acids is 1. The fourth-order valence-electron chi connectivity index (χ4n) is 2.12. The van der Waals surface area contributed by atoms with Crippen molar-refractivity contribution in [3.63, 3.8) is 0 Å². The molecule has 0 atom stereocenters. The smallest absolute Gasteiger partial charge is 0.163 e. The van der Waals surface area contributed by atoms with Crippen molar-refractivity contribution in [1.82, 2.24) is 0 Å². The van der Waals surface area contributed by atoms with Gasteiger partial charge < -0.3 is 0 Å². The Labute approximate surface area is 115 Å². The van der Waals surface area contributed by atoms with Crippen LogP contribution in [0.5, 0.6) is 0 Å². The maximum Gasteiger partial charge on any atom is 0.163 e. The predicted molar refractivity (Wildman–Crippen MR) is 79.6 cm³/mol. The fraction of sp³-hybridized carbons (Fsp3) is 0.278. The van der Waals surface area contributed by atoms with Crippen LogP contribution in [0.2, 0.25) is 0 Å². The van der Waals surface area contributed by atoms with Crippen LogP contribution in [0.15, 0.2) is 54.6 Å². The molecule has 0 saturated carbocycles. The number of rotatable bonds is 5. The quantitative estimate of drug-likeness (QED) is 0.709. The Morgan fingerprint density at radius 1 is 1.00 bits per heavy atom. The summed E-state index contributed by atoms with van der Waals surface area (Å²) in [6.45, 7) is 4.29. The lowest BCUT2D eigenvalue weighted by molar-refractivity contribution is 0.0982. The lowest BCUT2D eigenvalue weighted by Crippen LogP contribution is -2.02. The lowest BCUT2D eigenvalue weighted by Gasteiger charge is -2.07. The number of Topliss-reactive ketones (excluding diaryl/α,β-unsaturated/α-hetero) is 1. The highest BCUT2D eigenvalue weighted by atomic mass is 16.1. The van der Waals surface area contributed by atoms with E-state index >= 15 is 0 Å². The molecule has 19 heavy (non-hydrogen) atoms. The van der Waals surface area contributed by atoms with Gasteiger partial charge in [-0.3, -0.25) is 4.79 Å². The van der Waals surface area contributed by atoms with E-state index in [4.69, 9.17) is 0 Å². The third-order valence-electron chi connectivity index (χ3n) is 3.36. The highest BCUT2D eigenvalue weighted by Gasteiger charge is 2.08. The van der Waals surface area contributed by atoms with Gasteiger partial charge in [-0.25, -0.2) is 0 Å². The third kappa shape index (κ3) is 3.78. The molecule has 0 aliphatic heterocycles. The van der Waals surface area contributed by atoms with Gasteiger partial charge in [-0.05, 0) is 29.5 Å². The van der Waals surface area contributed by atoms with Crippen molar-refractivity contribution < 1.29 is 4.79 Å². The minimum Gasteiger partial charge on any atom is -0.294 e. The van der Waals surface area contributed by atoms with Crippen LogP contribution in [0.25, 0.3) is 0 Å². The van der Waals surface area contributed by atoms with E-state index in [-0.39, 0.29) is 5.78 Å². The molecule has 0 fully saturated rings. The Morgan fingerprint density at radius 3 is 2.42 bits per heavy atom. The van der Waals surface area contributed by atoms with Crippen molar-refractivity contribution in [3.8, 4) is 0 Å². The van der Waals surface area contributed by atoms with Crippen LogP contribution >= 0.6 is 0 Å². The van der Waals surface area contributed by atoms with Gasteiger partial charge in [-0.1, -0.05) is 62.4 Å². The molecule has 0 spiro atoms. The summed E-state index contributed by atoms with van der Waals surface area (Å²) < 4.78 is 0. The molecule has 2 rings (SSSR count). The molecular formula is C18H20O. The Kier molecular flexibility index (Phi) is 4.51. The second-order valence-corrected chi connectivity index (χ2v) is 5.19. The first-order valence-electron chi connectivity index (χ1n) is 6.84. The molecule has 0 aliphatic rings. The monoisotopic (exact) mass is 252 g/mol. The largest absolute Gasteiger partial charge is 0.294 e. The van der Waals surface area contributed by atoms with Gasteiger partial charge in [-0.2, -0.15) is 0 Å². The molecular weight excluding hydrogens is 232 g/mol. The summed E-state index contributed by atoms with van der Waals surface area (Å²) >= 11 is 0. The summed E-state index contributed by atoms with van der Waals surface area (Å²) in [6, 6.07) is 18.2. The van der Waals surface area contributed by atoms with Gasteiger partial charge in [0, 0.05) is 12.0 Å². The standard InChI is InChI=1S/C18H20O/c1-14(2)16-9-6-10-17(13-16)18(19)12-11-15-7-4-3-5-8-15/h3-10,13-14H,11-12H2,1-2H3. The molecule has 0 radical (unpaired) electrons. The minimum absolute atomic E-state index is 0.228. The van der Waals surface area contributed by atoms with Gasteiger partial charge in [0.25, 0.3) is 0 Å². The number of hydrogen-bond acceptors (Lipinski definition) is 1. The molecule has 0 N–H and O–H groups in total. The highest BCUT2D eigenvalue weighted by molar-refractivity contribution is 5.96. The first kappa shape index (κ1) is 13.5. The van der Waals surface area contributed by atoms with E-state index in [1.807, 2.05) is 36.4 Å². The van der Waals surface area contributed by atoms with Crippen LogP contribution in [0, 0.1) is 0 Å². The molecule has 0 amide bonds. The number of hydrogen-bond donors (Lipinski definition) is 0. The summed E-state index contributed by atoms with van der Waals surface area (Å²) in [7, 11) is 0. The molecule has 0 bridgehead atoms. The zero-order valence-corrected chi connectivity index (χ0v) is 11.6. The van der Waals surface area contributed by atoms with E-state index in [9.17, 15) is 4.79 Å². The third-order valence-corrected chi connectivity index (χ3v) is 3.36. The maximum absolute atomic E-state index is 12.2. The summed E-state index contributed by atoms with van der Waals surface area (Å²) in [6.07, 6.45) is 1.39. The molecule has 0 unspecified atom stereocenters. The van der Waals surface area contributed by atoms with Gasteiger partial charge in [0.15, 0.2) is 5.78 Å². The maximum atomic E-state index is 12.2. The number of aryl methyl sites for hydroxylation is 1. The zero-order chi connectivity index (χ0) is 13.7. The second-order valence-electron chi connectivity index (χ2n) is 5.19. The molecule has 2 aromatic rings. The summed E-state index contributed by atoms with van der Waals surface area (Å²) in [5.41, 5.74) is 3.28. The molecule has 0 aromatic heterocycles. The Bertz CT molecular complexity index is 541. The number of carbonyl (C=O) groups is 1. The van der Waals surface area contributed by atoms with E-state index in [2.05, 4.69) is 32.0 Å². The molecule has 0 saturated heterocycles. The van der Waals surface area contributed by atoms with Gasteiger partial charge in [0.1, 0.15) is 0 Å². The van der Waals surface area contributed by atoms with Crippen molar-refractivity contribution >= 4 is 5.78 Å². The molecule has 2 aromatic carbocycles. The van der Waals surface area contributed by atoms with Crippen molar-refractivity contribution in [2.75, 3.05) is 0 Å². The topological polar surface area (TPSA) is 17.1 Å². The molecule has 98 valence electrons. The fourth-order valence-corrected chi connectivity index (χ4v) is 2.12. The van der Waals surface area contributed by atoms with Crippen molar-refractivity contribution in [2.45, 2.75) is 32.6 Å². The first-order chi connectivity index (χ1) is 9.16. The van der Waals surface area contributed by atoms with Crippen LogP contribution < -0.4 is 0 Å². The van der Waals surface area contributed by atoms with E-state index in [1.165, 1.54) is 11.1 Å². The van der Waals surface area contributed by atoms with Crippen LogP contribution in [0.3, 0.4) is 0 Å². The van der Waals surface area contributed by atoms with E-state index in [0.717, 1.165) is 12.0 Å². The Balaban J connectivity index is 2.02. The predicted octanol–water partition coefficient (Wildman–Crippen LogP) is 4.63. The van der Waals surface area contributed by atoms with E-state index in [1.54, 1.807) is 0 Å². The molecule has 1 heteroatoms. The summed E-state index contributed by atoms with van der Waals surface area (Å²) in [4.78, 5) is 12.2. The van der Waals surface area contributed by atoms with E-state index in [0.29, 0.717) is 12.3 Å². The lowest BCUT2D eigenvalue weighted by atomic mass is 9.97. The minimum atomic E-state index is 0.228. The highest BCUT2D eigenvalue weighted by Crippen LogP contribution is 2.17. The SMILES string of the molecule is CC(C)c1cccc(C(=O)CCc2ccccc2)c1. The Hall–Kier alpha value is -1.89. The average Bonchev–Trinajstić information content (AvgIpc) is 2.46. The van der Waals surface area contributed by atoms with Crippen LogP contribution in [-0.4, -0.2) is 5.78 Å². The van der Waals surface area contributed by atoms with Gasteiger partial charge >= 0.3 is 0 Å². The summed E-state index contributed by atoms with van der Waals surface area (Å²) in [5, 5.41) is 0. The average molecular weight is 252 g/mol. The molecule has 1 nitrogen and oxygen atoms in total. The molecule has 0 aliphatic carbocycles. The van der Waals surface area contributed by atoms with Crippen molar-refractivity contribution in [1.29, 1.82) is 0 Å². The Morgan fingerprint density at radius 2 is 1.74 bits per heavy atom. The van der Waals surface area contributed by atoms with E-state index < -0.39 is 0 Å². The molecule has 0 heterocycles. The van der Waals surface area contributed by atoms with Crippen LogP contribution in [0.4, 0.5) is 0 Å². The van der Waals surface area contributed by atoms with Crippen molar-refractivity contribution in [2.24, 2.45) is 0 Å². The zero-order valence-electron chi connectivity index (χ0n) is 11.6. The van der Waals surface area contributed by atoms with Gasteiger partial charge in [0.2, 0.25) is 0 Å². The second kappa shape index (κ2) is 6.33. The van der Waals surface area contributed by atoms with Crippen LogP contribution in [-0.2, 0) is 6.42 Å². The van der Waals surface area contributed by atoms with Gasteiger partial charge in [0.05, 0.1) is 0 Å². The number of benzene rings is 2. The van der Waals surface area contributed by atoms with Crippen molar-refractivity contribution in [3.05, 3.63) is 71.3 Å². The van der Waals surface area contributed by atoms with Crippen LogP contribution in [0.1, 0.15) is 47.7 Å². The first-order valence-corrected chi connectivity index (χ1v) is 6.84.